The summed E-state index contributed by atoms with van der Waals surface area (Å²) in [5, 5.41) is 5.20. The maximum Gasteiger partial charge on any atom is 0.254 e. The third kappa shape index (κ3) is 2.80. The molecule has 0 atom stereocenters. The van der Waals surface area contributed by atoms with Crippen LogP contribution in [-0.4, -0.2) is 37.0 Å². The third-order valence-electron chi connectivity index (χ3n) is 2.44. The molecule has 0 aliphatic carbocycles. The molecule has 1 aliphatic heterocycles. The van der Waals surface area contributed by atoms with Crippen LogP contribution in [0.25, 0.3) is 0 Å². The highest BCUT2D eigenvalue weighted by molar-refractivity contribution is 9.11. The van der Waals surface area contributed by atoms with E-state index in [1.54, 1.807) is 11.3 Å². The topological polar surface area (TPSA) is 32.3 Å². The summed E-state index contributed by atoms with van der Waals surface area (Å²) in [7, 11) is 0. The van der Waals surface area contributed by atoms with E-state index < -0.39 is 0 Å². The van der Waals surface area contributed by atoms with Crippen LogP contribution in [0.1, 0.15) is 16.8 Å². The van der Waals surface area contributed by atoms with E-state index in [4.69, 9.17) is 0 Å². The van der Waals surface area contributed by atoms with Gasteiger partial charge in [0.25, 0.3) is 5.91 Å². The number of amides is 1. The van der Waals surface area contributed by atoms with Gasteiger partial charge < -0.3 is 10.2 Å². The normalized spacial score (nSPS) is 17.5. The predicted molar refractivity (Wildman–Crippen MR) is 65.4 cm³/mol. The van der Waals surface area contributed by atoms with E-state index in [2.05, 4.69) is 21.2 Å². The van der Waals surface area contributed by atoms with E-state index in [1.165, 1.54) is 0 Å². The van der Waals surface area contributed by atoms with Crippen molar-refractivity contribution in [3.8, 4) is 0 Å². The van der Waals surface area contributed by atoms with Gasteiger partial charge in [0.15, 0.2) is 0 Å². The molecular formula is C10H13BrN2OS. The minimum absolute atomic E-state index is 0.153. The second kappa shape index (κ2) is 5.09. The number of carbonyl (C=O) groups excluding carboxylic acids is 1. The van der Waals surface area contributed by atoms with Gasteiger partial charge in [-0.05, 0) is 35.0 Å². The molecule has 5 heteroatoms. The van der Waals surface area contributed by atoms with Crippen LogP contribution in [0.15, 0.2) is 15.2 Å². The summed E-state index contributed by atoms with van der Waals surface area (Å²) in [6.07, 6.45) is 1.04. The van der Waals surface area contributed by atoms with Crippen LogP contribution >= 0.6 is 27.3 Å². The van der Waals surface area contributed by atoms with E-state index >= 15 is 0 Å². The van der Waals surface area contributed by atoms with Crippen molar-refractivity contribution in [3.63, 3.8) is 0 Å². The van der Waals surface area contributed by atoms with Gasteiger partial charge in [-0.25, -0.2) is 0 Å². The highest BCUT2D eigenvalue weighted by Gasteiger charge is 2.17. The lowest BCUT2D eigenvalue weighted by Gasteiger charge is -2.18. The fraction of sp³-hybridized carbons (Fsp3) is 0.500. The van der Waals surface area contributed by atoms with Gasteiger partial charge in [0, 0.05) is 25.0 Å². The summed E-state index contributed by atoms with van der Waals surface area (Å²) in [5.74, 6) is 0.153. The highest BCUT2D eigenvalue weighted by atomic mass is 79.9. The summed E-state index contributed by atoms with van der Waals surface area (Å²) in [6, 6.07) is 1.89. The molecule has 3 nitrogen and oxygen atoms in total. The predicted octanol–water partition coefficient (Wildman–Crippen LogP) is 1.95. The summed E-state index contributed by atoms with van der Waals surface area (Å²) < 4.78 is 1.01. The molecular weight excluding hydrogens is 276 g/mol. The van der Waals surface area contributed by atoms with Gasteiger partial charge in [-0.2, -0.15) is 0 Å². The molecule has 1 aromatic heterocycles. The van der Waals surface area contributed by atoms with Crippen molar-refractivity contribution in [1.82, 2.24) is 10.2 Å². The fourth-order valence-corrected chi connectivity index (χ4v) is 2.78. The Labute approximate surface area is 102 Å². The van der Waals surface area contributed by atoms with Crippen LogP contribution in [0.2, 0.25) is 0 Å². The number of nitrogens with zero attached hydrogens (tertiary/aromatic N) is 1. The summed E-state index contributed by atoms with van der Waals surface area (Å²) in [5.41, 5.74) is 0.800. The van der Waals surface area contributed by atoms with E-state index in [0.29, 0.717) is 0 Å². The van der Waals surface area contributed by atoms with Crippen molar-refractivity contribution >= 4 is 33.2 Å². The molecule has 0 spiro atoms. The van der Waals surface area contributed by atoms with Crippen molar-refractivity contribution in [2.75, 3.05) is 26.2 Å². The van der Waals surface area contributed by atoms with Crippen molar-refractivity contribution < 1.29 is 4.79 Å². The number of hydrogen-bond donors (Lipinski definition) is 1. The standard InChI is InChI=1S/C10H13BrN2OS/c11-9-6-8(7-15-9)10(14)13-4-1-2-12-3-5-13/h6-7,12H,1-5H2. The number of carbonyl (C=O) groups is 1. The number of thiophene rings is 1. The second-order valence-corrected chi connectivity index (χ2v) is 5.83. The quantitative estimate of drug-likeness (QED) is 0.857. The summed E-state index contributed by atoms with van der Waals surface area (Å²) >= 11 is 4.93. The van der Waals surface area contributed by atoms with Gasteiger partial charge in [0.1, 0.15) is 0 Å². The zero-order valence-electron chi connectivity index (χ0n) is 8.33. The molecule has 2 rings (SSSR count). The molecule has 2 heterocycles. The molecule has 82 valence electrons. The molecule has 0 aromatic carbocycles. The third-order valence-corrected chi connectivity index (χ3v) is 3.95. The summed E-state index contributed by atoms with van der Waals surface area (Å²) in [4.78, 5) is 14.0. The van der Waals surface area contributed by atoms with E-state index in [9.17, 15) is 4.79 Å². The Hall–Kier alpha value is -0.390. The van der Waals surface area contributed by atoms with Gasteiger partial charge in [0.2, 0.25) is 0 Å². The first-order chi connectivity index (χ1) is 7.27. The average molecular weight is 289 g/mol. The van der Waals surface area contributed by atoms with Crippen molar-refractivity contribution in [3.05, 3.63) is 20.8 Å². The van der Waals surface area contributed by atoms with E-state index in [0.717, 1.165) is 41.9 Å². The Morgan fingerprint density at radius 1 is 1.47 bits per heavy atom. The van der Waals surface area contributed by atoms with Crippen molar-refractivity contribution in [1.29, 1.82) is 0 Å². The molecule has 0 unspecified atom stereocenters. The molecule has 1 saturated heterocycles. The Kier molecular flexibility index (Phi) is 3.77. The van der Waals surface area contributed by atoms with Gasteiger partial charge in [-0.15, -0.1) is 11.3 Å². The van der Waals surface area contributed by atoms with Crippen LogP contribution in [-0.2, 0) is 0 Å². The lowest BCUT2D eigenvalue weighted by atomic mass is 10.3. The Morgan fingerprint density at radius 3 is 3.07 bits per heavy atom. The number of halogens is 1. The molecule has 15 heavy (non-hydrogen) atoms. The van der Waals surface area contributed by atoms with E-state index in [-0.39, 0.29) is 5.91 Å². The van der Waals surface area contributed by atoms with Crippen molar-refractivity contribution in [2.45, 2.75) is 6.42 Å². The smallest absolute Gasteiger partial charge is 0.254 e. The summed E-state index contributed by atoms with van der Waals surface area (Å²) in [6.45, 7) is 3.58. The van der Waals surface area contributed by atoms with Gasteiger partial charge in [-0.3, -0.25) is 4.79 Å². The minimum atomic E-state index is 0.153. The molecule has 1 N–H and O–H groups in total. The van der Waals surface area contributed by atoms with Crippen LogP contribution in [0.4, 0.5) is 0 Å². The molecule has 1 aromatic rings. The van der Waals surface area contributed by atoms with E-state index in [1.807, 2.05) is 16.3 Å². The zero-order valence-corrected chi connectivity index (χ0v) is 10.7. The Bertz CT molecular complexity index is 345. The molecule has 0 saturated carbocycles. The number of rotatable bonds is 1. The molecule has 1 fully saturated rings. The maximum atomic E-state index is 12.0. The number of nitrogens with one attached hydrogen (secondary N) is 1. The molecule has 1 amide bonds. The van der Waals surface area contributed by atoms with Crippen LogP contribution in [0.3, 0.4) is 0 Å². The Morgan fingerprint density at radius 2 is 2.33 bits per heavy atom. The van der Waals surface area contributed by atoms with Gasteiger partial charge in [-0.1, -0.05) is 0 Å². The van der Waals surface area contributed by atoms with Crippen LogP contribution in [0, 0.1) is 0 Å². The molecule has 0 radical (unpaired) electrons. The monoisotopic (exact) mass is 288 g/mol. The highest BCUT2D eigenvalue weighted by Crippen LogP contribution is 2.21. The second-order valence-electron chi connectivity index (χ2n) is 3.54. The lowest BCUT2D eigenvalue weighted by molar-refractivity contribution is 0.0767. The average Bonchev–Trinajstić information content (AvgIpc) is 2.53. The van der Waals surface area contributed by atoms with Gasteiger partial charge >= 0.3 is 0 Å². The van der Waals surface area contributed by atoms with Crippen molar-refractivity contribution in [2.24, 2.45) is 0 Å². The van der Waals surface area contributed by atoms with Crippen LogP contribution < -0.4 is 5.32 Å². The number of hydrogen-bond acceptors (Lipinski definition) is 3. The fourth-order valence-electron chi connectivity index (χ4n) is 1.65. The molecule has 0 bridgehead atoms. The van der Waals surface area contributed by atoms with Crippen LogP contribution in [0.5, 0.6) is 0 Å². The Balaban J connectivity index is 2.06. The first-order valence-corrected chi connectivity index (χ1v) is 6.68. The largest absolute Gasteiger partial charge is 0.337 e. The minimum Gasteiger partial charge on any atom is -0.337 e. The lowest BCUT2D eigenvalue weighted by Crippen LogP contribution is -2.33. The first kappa shape index (κ1) is 11.1. The zero-order chi connectivity index (χ0) is 10.7. The SMILES string of the molecule is O=C(c1csc(Br)c1)N1CCCNCC1. The first-order valence-electron chi connectivity index (χ1n) is 5.01. The molecule has 1 aliphatic rings. The van der Waals surface area contributed by atoms with Gasteiger partial charge in [0.05, 0.1) is 9.35 Å². The maximum absolute atomic E-state index is 12.0.